The zero-order chi connectivity index (χ0) is 10.7. The van der Waals surface area contributed by atoms with Gasteiger partial charge in [0.2, 0.25) is 0 Å². The van der Waals surface area contributed by atoms with E-state index in [1.54, 1.807) is 0 Å². The molecule has 0 aliphatic carbocycles. The molecule has 80 valence electrons. The maximum Gasteiger partial charge on any atom is 0.136 e. The van der Waals surface area contributed by atoms with Gasteiger partial charge in [-0.25, -0.2) is 0 Å². The van der Waals surface area contributed by atoms with E-state index >= 15 is 0 Å². The van der Waals surface area contributed by atoms with Crippen LogP contribution in [0.5, 0.6) is 0 Å². The van der Waals surface area contributed by atoms with Crippen molar-refractivity contribution >= 4 is 17.2 Å². The van der Waals surface area contributed by atoms with Gasteiger partial charge in [0, 0.05) is 44.4 Å². The highest BCUT2D eigenvalue weighted by Gasteiger charge is 2.15. The Balaban J connectivity index is 2.06. The van der Waals surface area contributed by atoms with Gasteiger partial charge in [-0.1, -0.05) is 0 Å². The molecular formula is C12H16N2O. The molecular weight excluding hydrogens is 188 g/mol. The Hall–Kier alpha value is -1.51. The van der Waals surface area contributed by atoms with Gasteiger partial charge in [0.1, 0.15) is 5.78 Å². The first kappa shape index (κ1) is 10.0. The summed E-state index contributed by atoms with van der Waals surface area (Å²) in [5, 5.41) is 3.09. The van der Waals surface area contributed by atoms with Crippen LogP contribution in [0, 0.1) is 0 Å². The summed E-state index contributed by atoms with van der Waals surface area (Å²) in [5.74, 6) is 0.387. The van der Waals surface area contributed by atoms with Gasteiger partial charge in [-0.15, -0.1) is 0 Å². The van der Waals surface area contributed by atoms with E-state index in [1.165, 1.54) is 5.69 Å². The fourth-order valence-electron chi connectivity index (χ4n) is 1.85. The van der Waals surface area contributed by atoms with Crippen molar-refractivity contribution in [3.05, 3.63) is 24.3 Å². The van der Waals surface area contributed by atoms with E-state index in [2.05, 4.69) is 34.5 Å². The predicted molar refractivity (Wildman–Crippen MR) is 62.4 cm³/mol. The minimum Gasteiger partial charge on any atom is -0.388 e. The van der Waals surface area contributed by atoms with Gasteiger partial charge in [0.05, 0.1) is 0 Å². The van der Waals surface area contributed by atoms with Crippen LogP contribution in [0.1, 0.15) is 12.8 Å². The second kappa shape index (κ2) is 4.34. The minimum atomic E-state index is 0.387. The smallest absolute Gasteiger partial charge is 0.136 e. The van der Waals surface area contributed by atoms with Crippen LogP contribution in [0.15, 0.2) is 24.3 Å². The van der Waals surface area contributed by atoms with Crippen LogP contribution in [0.25, 0.3) is 0 Å². The fourth-order valence-corrected chi connectivity index (χ4v) is 1.85. The average molecular weight is 204 g/mol. The summed E-state index contributed by atoms with van der Waals surface area (Å²) < 4.78 is 0. The molecule has 2 rings (SSSR count). The Morgan fingerprint density at radius 2 is 1.73 bits per heavy atom. The summed E-state index contributed by atoms with van der Waals surface area (Å²) in [6.07, 6.45) is 1.38. The topological polar surface area (TPSA) is 32.3 Å². The van der Waals surface area contributed by atoms with Gasteiger partial charge in [-0.2, -0.15) is 0 Å². The van der Waals surface area contributed by atoms with Crippen LogP contribution in [0.4, 0.5) is 11.4 Å². The second-order valence-electron chi connectivity index (χ2n) is 3.82. The standard InChI is InChI=1S/C12H16N2O/c1-13-10-2-4-11(5-3-10)14-8-6-12(15)7-9-14/h2-5,13H,6-9H2,1H3. The molecule has 0 atom stereocenters. The maximum absolute atomic E-state index is 11.1. The van der Waals surface area contributed by atoms with Crippen molar-refractivity contribution in [2.24, 2.45) is 0 Å². The highest BCUT2D eigenvalue weighted by atomic mass is 16.1. The van der Waals surface area contributed by atoms with E-state index in [0.717, 1.165) is 18.8 Å². The number of benzene rings is 1. The summed E-state index contributed by atoms with van der Waals surface area (Å²) in [6.45, 7) is 1.72. The van der Waals surface area contributed by atoms with Gasteiger partial charge in [0.25, 0.3) is 0 Å². The van der Waals surface area contributed by atoms with Crippen LogP contribution in [-0.4, -0.2) is 25.9 Å². The van der Waals surface area contributed by atoms with Gasteiger partial charge in [-0.3, -0.25) is 4.79 Å². The van der Waals surface area contributed by atoms with Gasteiger partial charge < -0.3 is 10.2 Å². The number of anilines is 2. The molecule has 1 aliphatic heterocycles. The molecule has 1 saturated heterocycles. The number of piperidine rings is 1. The summed E-state index contributed by atoms with van der Waals surface area (Å²) >= 11 is 0. The third-order valence-electron chi connectivity index (χ3n) is 2.84. The summed E-state index contributed by atoms with van der Waals surface area (Å²) in [5.41, 5.74) is 2.33. The molecule has 0 bridgehead atoms. The highest BCUT2D eigenvalue weighted by Crippen LogP contribution is 2.20. The Labute approximate surface area is 90.1 Å². The summed E-state index contributed by atoms with van der Waals surface area (Å²) in [7, 11) is 1.91. The quantitative estimate of drug-likeness (QED) is 0.798. The first-order valence-corrected chi connectivity index (χ1v) is 5.34. The summed E-state index contributed by atoms with van der Waals surface area (Å²) in [4.78, 5) is 13.4. The molecule has 3 nitrogen and oxygen atoms in total. The van der Waals surface area contributed by atoms with Gasteiger partial charge >= 0.3 is 0 Å². The van der Waals surface area contributed by atoms with Gasteiger partial charge in [-0.05, 0) is 24.3 Å². The first-order valence-electron chi connectivity index (χ1n) is 5.34. The molecule has 0 unspecified atom stereocenters. The fraction of sp³-hybridized carbons (Fsp3) is 0.417. The molecule has 15 heavy (non-hydrogen) atoms. The molecule has 1 heterocycles. The number of rotatable bonds is 2. The number of Topliss-reactive ketones (excluding diaryl/α,β-unsaturated/α-hetero) is 1. The zero-order valence-corrected chi connectivity index (χ0v) is 8.99. The number of ketones is 1. The number of carbonyl (C=O) groups is 1. The molecule has 1 aliphatic rings. The normalized spacial score (nSPS) is 16.6. The number of nitrogens with one attached hydrogen (secondary N) is 1. The van der Waals surface area contributed by atoms with Crippen LogP contribution >= 0.6 is 0 Å². The van der Waals surface area contributed by atoms with E-state index < -0.39 is 0 Å². The molecule has 0 spiro atoms. The summed E-state index contributed by atoms with van der Waals surface area (Å²) in [6, 6.07) is 8.32. The van der Waals surface area contributed by atoms with Crippen LogP contribution < -0.4 is 10.2 Å². The lowest BCUT2D eigenvalue weighted by atomic mass is 10.1. The van der Waals surface area contributed by atoms with Crippen molar-refractivity contribution in [2.45, 2.75) is 12.8 Å². The first-order chi connectivity index (χ1) is 7.29. The minimum absolute atomic E-state index is 0.387. The Bertz CT molecular complexity index is 335. The van der Waals surface area contributed by atoms with E-state index in [-0.39, 0.29) is 0 Å². The van der Waals surface area contributed by atoms with Crippen LogP contribution in [0.2, 0.25) is 0 Å². The molecule has 0 aromatic heterocycles. The third-order valence-corrected chi connectivity index (χ3v) is 2.84. The highest BCUT2D eigenvalue weighted by molar-refractivity contribution is 5.81. The Kier molecular flexibility index (Phi) is 2.90. The molecule has 3 heteroatoms. The van der Waals surface area contributed by atoms with E-state index in [4.69, 9.17) is 0 Å². The maximum atomic E-state index is 11.1. The van der Waals surface area contributed by atoms with E-state index in [0.29, 0.717) is 18.6 Å². The number of hydrogen-bond donors (Lipinski definition) is 1. The predicted octanol–water partition coefficient (Wildman–Crippen LogP) is 1.90. The molecule has 1 aromatic rings. The van der Waals surface area contributed by atoms with Crippen molar-refractivity contribution in [3.8, 4) is 0 Å². The monoisotopic (exact) mass is 204 g/mol. The average Bonchev–Trinajstić information content (AvgIpc) is 2.30. The lowest BCUT2D eigenvalue weighted by molar-refractivity contribution is -0.119. The van der Waals surface area contributed by atoms with Crippen molar-refractivity contribution in [1.82, 2.24) is 0 Å². The molecule has 0 radical (unpaired) electrons. The third kappa shape index (κ3) is 2.29. The lowest BCUT2D eigenvalue weighted by Gasteiger charge is -2.28. The van der Waals surface area contributed by atoms with Crippen LogP contribution in [0.3, 0.4) is 0 Å². The second-order valence-corrected chi connectivity index (χ2v) is 3.82. The van der Waals surface area contributed by atoms with Crippen molar-refractivity contribution in [3.63, 3.8) is 0 Å². The SMILES string of the molecule is CNc1ccc(N2CCC(=O)CC2)cc1. The lowest BCUT2D eigenvalue weighted by Crippen LogP contribution is -2.33. The van der Waals surface area contributed by atoms with Crippen LogP contribution in [-0.2, 0) is 4.79 Å². The molecule has 1 N–H and O–H groups in total. The molecule has 0 amide bonds. The zero-order valence-electron chi connectivity index (χ0n) is 8.99. The van der Waals surface area contributed by atoms with Crippen molar-refractivity contribution < 1.29 is 4.79 Å². The molecule has 1 fully saturated rings. The van der Waals surface area contributed by atoms with Crippen molar-refractivity contribution in [1.29, 1.82) is 0 Å². The van der Waals surface area contributed by atoms with Gasteiger partial charge in [0.15, 0.2) is 0 Å². The number of carbonyl (C=O) groups excluding carboxylic acids is 1. The molecule has 0 saturated carbocycles. The largest absolute Gasteiger partial charge is 0.388 e. The van der Waals surface area contributed by atoms with Crippen molar-refractivity contribution in [2.75, 3.05) is 30.4 Å². The number of hydrogen-bond acceptors (Lipinski definition) is 3. The van der Waals surface area contributed by atoms with E-state index in [9.17, 15) is 4.79 Å². The molecule has 1 aromatic carbocycles. The Morgan fingerprint density at radius 3 is 2.27 bits per heavy atom. The Morgan fingerprint density at radius 1 is 1.13 bits per heavy atom. The number of nitrogens with zero attached hydrogens (tertiary/aromatic N) is 1. The van der Waals surface area contributed by atoms with E-state index in [1.807, 2.05) is 7.05 Å².